The van der Waals surface area contributed by atoms with Gasteiger partial charge in [0, 0.05) is 19.3 Å². The van der Waals surface area contributed by atoms with E-state index in [9.17, 15) is 14.4 Å². The van der Waals surface area contributed by atoms with Crippen LogP contribution in [0.1, 0.15) is 100 Å². The van der Waals surface area contributed by atoms with Crippen molar-refractivity contribution >= 4 is 46.1 Å². The zero-order valence-corrected chi connectivity index (χ0v) is 25.4. The van der Waals surface area contributed by atoms with E-state index in [4.69, 9.17) is 23.2 Å². The quantitative estimate of drug-likeness (QED) is 0.197. The number of carbonyl (C=O) groups is 3. The highest BCUT2D eigenvalue weighted by Gasteiger charge is 2.20. The maximum Gasteiger partial charge on any atom is 0.181 e. The Balaban J connectivity index is 1.58. The maximum absolute atomic E-state index is 13.0. The number of benzene rings is 1. The van der Waals surface area contributed by atoms with Gasteiger partial charge in [-0.3, -0.25) is 9.59 Å². The van der Waals surface area contributed by atoms with E-state index in [0.717, 1.165) is 48.9 Å². The molecule has 2 aromatic rings. The molecule has 0 saturated heterocycles. The lowest BCUT2D eigenvalue weighted by molar-refractivity contribution is -0.119. The standard InChI is InChI=1S/C33H40Cl2N2O3/c1-4-5-14-31-33(32(40)15-6-9-24(3)38)37(22-36-31)21-28(39)13-8-11-25-10-7-12-26(17-16-23(25)2)27-18-19-29(34)30(35)20-27/h7,10,12,17-20,22-23H,4-6,8-9,11,13-16,21H2,1-3H3/b12-7-,25-10-,26-17-. The lowest BCUT2D eigenvalue weighted by Crippen LogP contribution is -2.16. The minimum atomic E-state index is -0.0359. The fourth-order valence-electron chi connectivity index (χ4n) is 4.95. The second-order valence-corrected chi connectivity index (χ2v) is 11.5. The fraction of sp³-hybridized carbons (Fsp3) is 0.455. The number of ketones is 3. The Kier molecular flexibility index (Phi) is 12.6. The van der Waals surface area contributed by atoms with Crippen LogP contribution in [-0.4, -0.2) is 26.9 Å². The minimum absolute atomic E-state index is 0.0359. The Morgan fingerprint density at radius 3 is 2.55 bits per heavy atom. The smallest absolute Gasteiger partial charge is 0.181 e. The number of rotatable bonds is 15. The van der Waals surface area contributed by atoms with Gasteiger partial charge in [0.1, 0.15) is 11.5 Å². The molecule has 0 saturated carbocycles. The summed E-state index contributed by atoms with van der Waals surface area (Å²) in [4.78, 5) is 41.7. The molecule has 0 aliphatic heterocycles. The molecule has 40 heavy (non-hydrogen) atoms. The van der Waals surface area contributed by atoms with Gasteiger partial charge in [0.25, 0.3) is 0 Å². The summed E-state index contributed by atoms with van der Waals surface area (Å²) in [6.45, 7) is 6.00. The summed E-state index contributed by atoms with van der Waals surface area (Å²) in [7, 11) is 0. The number of hydrogen-bond donors (Lipinski definition) is 0. The fourth-order valence-corrected chi connectivity index (χ4v) is 5.25. The van der Waals surface area contributed by atoms with Gasteiger partial charge in [-0.15, -0.1) is 0 Å². The molecule has 1 atom stereocenters. The predicted octanol–water partition coefficient (Wildman–Crippen LogP) is 8.82. The van der Waals surface area contributed by atoms with Crippen molar-refractivity contribution in [2.45, 2.75) is 91.5 Å². The molecule has 1 aromatic heterocycles. The summed E-state index contributed by atoms with van der Waals surface area (Å²) in [6.07, 6.45) is 16.9. The number of halogens is 2. The number of aromatic nitrogens is 2. The summed E-state index contributed by atoms with van der Waals surface area (Å²) in [5.74, 6) is 0.488. The van der Waals surface area contributed by atoms with Crippen LogP contribution in [0.2, 0.25) is 10.0 Å². The minimum Gasteiger partial charge on any atom is -0.320 e. The van der Waals surface area contributed by atoms with E-state index in [1.807, 2.05) is 18.2 Å². The number of carbonyl (C=O) groups excluding carboxylic acids is 3. The zero-order chi connectivity index (χ0) is 29.1. The summed E-state index contributed by atoms with van der Waals surface area (Å²) in [5, 5.41) is 1.09. The van der Waals surface area contributed by atoms with Gasteiger partial charge in [-0.05, 0) is 74.6 Å². The van der Waals surface area contributed by atoms with E-state index in [2.05, 4.69) is 43.1 Å². The van der Waals surface area contributed by atoms with Crippen LogP contribution in [0.4, 0.5) is 0 Å². The van der Waals surface area contributed by atoms with Crippen molar-refractivity contribution in [3.63, 3.8) is 0 Å². The molecule has 0 radical (unpaired) electrons. The molecule has 0 bridgehead atoms. The lowest BCUT2D eigenvalue weighted by atomic mass is 9.89. The zero-order valence-electron chi connectivity index (χ0n) is 23.8. The highest BCUT2D eigenvalue weighted by Crippen LogP contribution is 2.30. The van der Waals surface area contributed by atoms with E-state index in [1.165, 1.54) is 12.5 Å². The molecule has 5 nitrogen and oxygen atoms in total. The number of Topliss-reactive ketones (excluding diaryl/α,β-unsaturated/α-hetero) is 3. The Morgan fingerprint density at radius 2 is 1.82 bits per heavy atom. The highest BCUT2D eigenvalue weighted by molar-refractivity contribution is 6.42. The second kappa shape index (κ2) is 15.9. The summed E-state index contributed by atoms with van der Waals surface area (Å²) in [6, 6.07) is 5.68. The molecule has 0 fully saturated rings. The van der Waals surface area contributed by atoms with Crippen molar-refractivity contribution in [3.05, 3.63) is 81.4 Å². The lowest BCUT2D eigenvalue weighted by Gasteiger charge is -2.17. The molecule has 0 N–H and O–H groups in total. The van der Waals surface area contributed by atoms with Gasteiger partial charge in [-0.2, -0.15) is 0 Å². The molecule has 3 rings (SSSR count). The maximum atomic E-state index is 13.0. The largest absolute Gasteiger partial charge is 0.320 e. The van der Waals surface area contributed by atoms with Crippen molar-refractivity contribution in [2.24, 2.45) is 5.92 Å². The third kappa shape index (κ3) is 9.42. The van der Waals surface area contributed by atoms with E-state index in [0.29, 0.717) is 53.8 Å². The molecule has 1 aliphatic carbocycles. The number of imidazole rings is 1. The molecule has 7 heteroatoms. The van der Waals surface area contributed by atoms with Gasteiger partial charge in [-0.1, -0.05) is 79.4 Å². The van der Waals surface area contributed by atoms with Crippen molar-refractivity contribution in [2.75, 3.05) is 0 Å². The molecule has 1 unspecified atom stereocenters. The van der Waals surface area contributed by atoms with E-state index in [-0.39, 0.29) is 23.9 Å². The molecule has 214 valence electrons. The summed E-state index contributed by atoms with van der Waals surface area (Å²) >= 11 is 12.3. The Labute approximate surface area is 248 Å². The molecule has 0 spiro atoms. The first-order chi connectivity index (χ1) is 19.2. The van der Waals surface area contributed by atoms with Crippen LogP contribution in [0, 0.1) is 5.92 Å². The second-order valence-electron chi connectivity index (χ2n) is 10.7. The third-order valence-corrected chi connectivity index (χ3v) is 8.05. The average Bonchev–Trinajstić information content (AvgIpc) is 3.30. The molecule has 1 heterocycles. The third-order valence-electron chi connectivity index (χ3n) is 7.31. The SMILES string of the molecule is CCCCc1ncn(CC(=O)CCC/C2=C/C=C\C(c3ccc(Cl)c(Cl)c3)=C\CC2C)c1C(=O)CCCC(C)=O. The first-order valence-electron chi connectivity index (χ1n) is 14.3. The molecule has 1 aromatic carbocycles. The normalized spacial score (nSPS) is 18.7. The van der Waals surface area contributed by atoms with Gasteiger partial charge in [-0.25, -0.2) is 4.98 Å². The van der Waals surface area contributed by atoms with Crippen molar-refractivity contribution in [1.82, 2.24) is 9.55 Å². The first-order valence-corrected chi connectivity index (χ1v) is 15.1. The van der Waals surface area contributed by atoms with Gasteiger partial charge in [0.05, 0.1) is 28.6 Å². The average molecular weight is 584 g/mol. The van der Waals surface area contributed by atoms with Crippen LogP contribution < -0.4 is 0 Å². The van der Waals surface area contributed by atoms with Crippen LogP contribution in [-0.2, 0) is 22.6 Å². The van der Waals surface area contributed by atoms with E-state index >= 15 is 0 Å². The molecule has 1 aliphatic rings. The van der Waals surface area contributed by atoms with Gasteiger partial charge >= 0.3 is 0 Å². The highest BCUT2D eigenvalue weighted by atomic mass is 35.5. The van der Waals surface area contributed by atoms with Crippen LogP contribution in [0.15, 0.2) is 54.4 Å². The van der Waals surface area contributed by atoms with Crippen LogP contribution in [0.3, 0.4) is 0 Å². The van der Waals surface area contributed by atoms with Gasteiger partial charge in [0.15, 0.2) is 11.6 Å². The number of aryl methyl sites for hydroxylation is 1. The van der Waals surface area contributed by atoms with Crippen molar-refractivity contribution in [3.8, 4) is 0 Å². The van der Waals surface area contributed by atoms with E-state index < -0.39 is 0 Å². The Bertz CT molecular complexity index is 1300. The van der Waals surface area contributed by atoms with Crippen molar-refractivity contribution < 1.29 is 14.4 Å². The van der Waals surface area contributed by atoms with Gasteiger partial charge < -0.3 is 9.36 Å². The molecular weight excluding hydrogens is 543 g/mol. The summed E-state index contributed by atoms with van der Waals surface area (Å²) < 4.78 is 1.72. The van der Waals surface area contributed by atoms with Crippen LogP contribution in [0.25, 0.3) is 5.57 Å². The number of nitrogens with zero attached hydrogens (tertiary/aromatic N) is 2. The Hall–Kier alpha value is -2.76. The van der Waals surface area contributed by atoms with Crippen molar-refractivity contribution in [1.29, 1.82) is 0 Å². The Morgan fingerprint density at radius 1 is 1.02 bits per heavy atom. The van der Waals surface area contributed by atoms with Crippen LogP contribution >= 0.6 is 23.2 Å². The monoisotopic (exact) mass is 582 g/mol. The first kappa shape index (κ1) is 31.8. The summed E-state index contributed by atoms with van der Waals surface area (Å²) in [5.41, 5.74) is 4.77. The molecular formula is C33H40Cl2N2O3. The number of hydrogen-bond acceptors (Lipinski definition) is 4. The van der Waals surface area contributed by atoms with Gasteiger partial charge in [0.2, 0.25) is 0 Å². The van der Waals surface area contributed by atoms with E-state index in [1.54, 1.807) is 10.9 Å². The van der Waals surface area contributed by atoms with Crippen LogP contribution in [0.5, 0.6) is 0 Å². The number of unbranched alkanes of at least 4 members (excludes halogenated alkanes) is 1. The molecule has 0 amide bonds. The number of allylic oxidation sites excluding steroid dienone is 6. The predicted molar refractivity (Wildman–Crippen MR) is 164 cm³/mol. The topological polar surface area (TPSA) is 69.0 Å².